The Morgan fingerprint density at radius 3 is 1.05 bits per heavy atom. The summed E-state index contributed by atoms with van der Waals surface area (Å²) in [5.41, 5.74) is -8.49. The van der Waals surface area contributed by atoms with Crippen LogP contribution >= 0.6 is 38.4 Å². The summed E-state index contributed by atoms with van der Waals surface area (Å²) in [6.45, 7) is 4.15. The van der Waals surface area contributed by atoms with Gasteiger partial charge in [-0.05, 0) is 27.7 Å². The molecule has 0 aliphatic carbocycles. The molecule has 5 aliphatic heterocycles. The third kappa shape index (κ3) is 18.7. The van der Waals surface area contributed by atoms with E-state index in [2.05, 4.69) is 19.9 Å². The van der Waals surface area contributed by atoms with E-state index >= 15 is 0 Å². The number of phosphoric ester groups is 2. The number of aliphatic hydroxyl groups is 2. The van der Waals surface area contributed by atoms with Gasteiger partial charge in [0.05, 0.1) is 51.3 Å². The number of H-pyrrole nitrogens is 5. The molecule has 558 valence electrons. The van der Waals surface area contributed by atoms with E-state index in [1.165, 1.54) is 27.7 Å². The quantitative estimate of drug-likeness (QED) is 0.0243. The van der Waals surface area contributed by atoms with Gasteiger partial charge in [-0.15, -0.1) is 0 Å². The van der Waals surface area contributed by atoms with Gasteiger partial charge in [0.1, 0.15) is 73.7 Å². The minimum atomic E-state index is -5.42. The van der Waals surface area contributed by atoms with Crippen LogP contribution in [-0.2, 0) is 87.2 Å². The van der Waals surface area contributed by atoms with Gasteiger partial charge in [-0.3, -0.25) is 99.0 Å². The Kier molecular flexibility index (Phi) is 23.4. The Morgan fingerprint density at radius 2 is 0.743 bits per heavy atom. The molecule has 44 nitrogen and oxygen atoms in total. The van der Waals surface area contributed by atoms with Crippen LogP contribution in [0.4, 0.5) is 0 Å². The predicted molar refractivity (Wildman–Crippen MR) is 337 cm³/mol. The van der Waals surface area contributed by atoms with E-state index < -0.39 is 232 Å². The summed E-state index contributed by atoms with van der Waals surface area (Å²) in [4.78, 5) is 167. The van der Waals surface area contributed by atoms with Crippen molar-refractivity contribution in [2.75, 3.05) is 53.0 Å². The molecule has 4 unspecified atom stereocenters. The van der Waals surface area contributed by atoms with Gasteiger partial charge in [0, 0.05) is 105 Å². The molecule has 20 atom stereocenters. The highest BCUT2D eigenvalue weighted by atomic mass is 31.2. The van der Waals surface area contributed by atoms with Crippen molar-refractivity contribution in [2.45, 2.75) is 152 Å². The summed E-state index contributed by atoms with van der Waals surface area (Å²) in [6.07, 6.45) is -20.4. The normalized spacial score (nSPS) is 30.1. The summed E-state index contributed by atoms with van der Waals surface area (Å²) < 4.78 is 155. The summed E-state index contributed by atoms with van der Waals surface area (Å²) in [5.74, 6) is 0. The lowest BCUT2D eigenvalue weighted by Crippen LogP contribution is -2.38. The average molecular weight is 1540 g/mol. The highest BCUT2D eigenvalue weighted by Gasteiger charge is 2.52. The zero-order valence-corrected chi connectivity index (χ0v) is 58.6. The number of phosphoric acid groups is 2. The molecule has 5 aromatic rings. The second-order valence-corrected chi connectivity index (χ2v) is 32.9. The van der Waals surface area contributed by atoms with E-state index in [1.807, 2.05) is 4.98 Å². The number of aryl methyl sites for hydroxylation is 4. The van der Waals surface area contributed by atoms with E-state index in [0.717, 1.165) is 79.9 Å². The van der Waals surface area contributed by atoms with Crippen LogP contribution in [0, 0.1) is 27.7 Å². The summed E-state index contributed by atoms with van der Waals surface area (Å²) in [6, 6.07) is 0.915. The third-order valence-electron chi connectivity index (χ3n) is 16.5. The summed E-state index contributed by atoms with van der Waals surface area (Å²) in [7, 11) is -24.2. The van der Waals surface area contributed by atoms with Crippen molar-refractivity contribution < 1.29 is 112 Å². The molecule has 49 heteroatoms. The Morgan fingerprint density at radius 1 is 0.436 bits per heavy atom. The van der Waals surface area contributed by atoms with Crippen molar-refractivity contribution >= 4 is 38.4 Å². The number of aromatic nitrogens is 10. The van der Waals surface area contributed by atoms with Crippen molar-refractivity contribution in [1.29, 1.82) is 0 Å². The molecule has 0 radical (unpaired) electrons. The van der Waals surface area contributed by atoms with Gasteiger partial charge >= 0.3 is 66.9 Å². The van der Waals surface area contributed by atoms with E-state index in [1.54, 1.807) is 0 Å². The van der Waals surface area contributed by atoms with Gasteiger partial charge in [0.2, 0.25) is 0 Å². The SMILES string of the molecule is Cc1cn([C@H]2C[C@H](OP(=O)(O)O)[C@@H](COP(C)(=O)O[C@H]3C[C@H](n4cc(C)c(=O)[nH]c4=O)O[C@@H]3COP(C)(=O)O[C@H]3C[C@H](n4cc(C)c(=O)[nH]c4=O)O[C@@H]3COP(C)(=O)O[C@H]3C[C@H](n4cc(C)c(=O)[nH]c4=O)O[C@@H]3COP(=O)(O)O[C@H]3[C@@H](O)[C@H](n4ccc(=O)[nH]c4=O)O[C@@H]3CO)O2)c(=O)[nH]c1=O. The fraction of sp³-hybridized carbons (Fsp3) is 0.615. The van der Waals surface area contributed by atoms with Crippen molar-refractivity contribution in [1.82, 2.24) is 47.8 Å². The maximum atomic E-state index is 14.7. The molecule has 101 heavy (non-hydrogen) atoms. The molecular formula is C52H71N10O34P5. The fourth-order valence-electron chi connectivity index (χ4n) is 11.6. The largest absolute Gasteiger partial charge is 0.472 e. The third-order valence-corrected chi connectivity index (χ3v) is 21.8. The second kappa shape index (κ2) is 30.5. The fourth-order valence-corrected chi connectivity index (χ4v) is 16.7. The minimum absolute atomic E-state index is 0.0275. The van der Waals surface area contributed by atoms with Crippen molar-refractivity contribution in [2.24, 2.45) is 0 Å². The van der Waals surface area contributed by atoms with Crippen LogP contribution < -0.4 is 56.2 Å². The molecule has 10 heterocycles. The number of rotatable bonds is 28. The topological polar surface area (TPSA) is 590 Å². The number of nitrogens with one attached hydrogen (secondary N) is 5. The lowest BCUT2D eigenvalue weighted by Gasteiger charge is -2.27. The van der Waals surface area contributed by atoms with Gasteiger partial charge in [-0.1, -0.05) is 0 Å². The first-order valence-electron chi connectivity index (χ1n) is 30.4. The predicted octanol–water partition coefficient (Wildman–Crippen LogP) is -1.97. The van der Waals surface area contributed by atoms with E-state index in [0.29, 0.717) is 0 Å². The highest BCUT2D eigenvalue weighted by Crippen LogP contribution is 2.55. The molecule has 5 saturated heterocycles. The summed E-state index contributed by atoms with van der Waals surface area (Å²) in [5, 5.41) is 21.2. The van der Waals surface area contributed by atoms with Crippen LogP contribution in [0.1, 0.15) is 79.1 Å². The van der Waals surface area contributed by atoms with Crippen LogP contribution in [0.15, 0.2) is 85.0 Å². The highest BCUT2D eigenvalue weighted by molar-refractivity contribution is 7.53. The average Bonchev–Trinajstić information content (AvgIpc) is 1.67. The molecule has 5 fully saturated rings. The maximum absolute atomic E-state index is 14.7. The Labute approximate surface area is 564 Å². The molecule has 0 amide bonds. The Balaban J connectivity index is 0.849. The van der Waals surface area contributed by atoms with Crippen LogP contribution in [-0.4, -0.2) is 193 Å². The van der Waals surface area contributed by atoms with Crippen LogP contribution in [0.2, 0.25) is 0 Å². The molecule has 0 bridgehead atoms. The van der Waals surface area contributed by atoms with Crippen LogP contribution in [0.25, 0.3) is 0 Å². The van der Waals surface area contributed by atoms with E-state index in [-0.39, 0.29) is 41.5 Å². The van der Waals surface area contributed by atoms with Crippen molar-refractivity contribution in [3.63, 3.8) is 0 Å². The van der Waals surface area contributed by atoms with E-state index in [4.69, 9.17) is 64.4 Å². The number of hydrogen-bond acceptors (Lipinski definition) is 31. The van der Waals surface area contributed by atoms with Gasteiger partial charge in [-0.2, -0.15) is 0 Å². The Hall–Kier alpha value is -6.21. The van der Waals surface area contributed by atoms with Gasteiger partial charge < -0.3 is 75.7 Å². The second-order valence-electron chi connectivity index (χ2n) is 24.2. The van der Waals surface area contributed by atoms with Gasteiger partial charge in [-0.25, -0.2) is 33.1 Å². The lowest BCUT2D eigenvalue weighted by molar-refractivity contribution is -0.0593. The molecule has 0 saturated carbocycles. The standard InChI is InChI=1S/C52H71N10O34P5/c1-23-14-59(49(71)54-43(23)66)37-10-27(33(88-37)20-84-98(6,76)94-29-12-39(61-16-25(3)45(68)56-51(61)73)90-35(29)22-86-101(81,82)96-42-31(18-63)91-47(41(42)65)58-9-8-36(64)53-48(58)70)92-97(5,75)83-19-32-28(11-38(87-32)60-15-24(2)44(67)55-50(60)72)93-99(7,77)85-21-34-30(95-100(78,79)80)13-40(89-34)62-17-26(4)46(69)57-52(62)74/h8-9,14-17,27-35,37-42,47,63,65H,10-13,18-22H2,1-7H3,(H,81,82)(H,53,64,70)(H,54,66,71)(H,55,67,72)(H,56,68,73)(H,57,69,74)(H2,78,79,80)/t27-,28-,29-,30-,31+,32+,33+,34+,35+,37+,38+,39+,40+,41+,42+,47+,97?,98?,99?/m0/s1. The van der Waals surface area contributed by atoms with Crippen LogP contribution in [0.3, 0.4) is 0 Å². The number of hydrogen-bond donors (Lipinski definition) is 10. The van der Waals surface area contributed by atoms with Gasteiger partial charge in [0.25, 0.3) is 27.8 Å². The van der Waals surface area contributed by atoms with Crippen molar-refractivity contribution in [3.05, 3.63) is 163 Å². The number of ether oxygens (including phenoxy) is 5. The smallest absolute Gasteiger partial charge is 0.394 e. The Bertz CT molecular complexity index is 4820. The van der Waals surface area contributed by atoms with Crippen molar-refractivity contribution in [3.8, 4) is 0 Å². The molecule has 0 spiro atoms. The molecule has 10 N–H and O–H groups in total. The minimum Gasteiger partial charge on any atom is -0.394 e. The molecule has 10 rings (SSSR count). The van der Waals surface area contributed by atoms with Crippen LogP contribution in [0.5, 0.6) is 0 Å². The van der Waals surface area contributed by atoms with Gasteiger partial charge in [0.15, 0.2) is 6.23 Å². The molecule has 0 aromatic carbocycles. The van der Waals surface area contributed by atoms with E-state index in [9.17, 15) is 95.7 Å². The maximum Gasteiger partial charge on any atom is 0.472 e. The first-order chi connectivity index (χ1) is 47.1. The number of aliphatic hydroxyl groups excluding tert-OH is 2. The first kappa shape index (κ1) is 77.4. The molecule has 5 aliphatic rings. The zero-order valence-electron chi connectivity index (χ0n) is 54.1. The zero-order chi connectivity index (χ0) is 73.7. The monoisotopic (exact) mass is 1530 g/mol. The number of aromatic amines is 5. The lowest BCUT2D eigenvalue weighted by atomic mass is 10.1. The number of nitrogens with zero attached hydrogens (tertiary/aromatic N) is 5. The molecule has 5 aromatic heterocycles. The first-order valence-corrected chi connectivity index (χ1v) is 39.4. The molecular weight excluding hydrogens is 1460 g/mol. The summed E-state index contributed by atoms with van der Waals surface area (Å²) >= 11 is 0.